The molecule has 0 saturated carbocycles. The van der Waals surface area contributed by atoms with Crippen molar-refractivity contribution in [3.63, 3.8) is 0 Å². The van der Waals surface area contributed by atoms with E-state index in [1.807, 2.05) is 32.0 Å². The number of aliphatic hydroxyl groups excluding tert-OH is 1. The summed E-state index contributed by atoms with van der Waals surface area (Å²) in [6, 6.07) is 4.64. The lowest BCUT2D eigenvalue weighted by molar-refractivity contribution is -0.132. The monoisotopic (exact) mass is 406 g/mol. The van der Waals surface area contributed by atoms with Gasteiger partial charge in [-0.3, -0.25) is 9.59 Å². The Morgan fingerprint density at radius 1 is 1.28 bits per heavy atom. The Morgan fingerprint density at radius 2 is 2.00 bits per heavy atom. The number of benzene rings is 1. The molecule has 0 saturated heterocycles. The third kappa shape index (κ3) is 6.19. The number of nitrogens with one attached hydrogen (secondary N) is 2. The first-order valence-electron chi connectivity index (χ1n) is 9.99. The fourth-order valence-electron chi connectivity index (χ4n) is 3.70. The number of hydrogen-bond donors (Lipinski definition) is 5. The molecule has 1 aliphatic carbocycles. The number of fused-ring (bicyclic) bond motifs is 1. The van der Waals surface area contributed by atoms with Crippen LogP contribution in [0.2, 0.25) is 0 Å². The molecule has 1 aliphatic rings. The van der Waals surface area contributed by atoms with Crippen LogP contribution in [0.5, 0.6) is 5.75 Å². The summed E-state index contributed by atoms with van der Waals surface area (Å²) in [5.74, 6) is -1.31. The fraction of sp³-hybridized carbons (Fsp3) is 0.600. The highest BCUT2D eigenvalue weighted by atomic mass is 16.5. The quantitative estimate of drug-likeness (QED) is 0.362. The zero-order valence-electron chi connectivity index (χ0n) is 17.2. The molecule has 29 heavy (non-hydrogen) atoms. The molecule has 0 fully saturated rings. The third-order valence-electron chi connectivity index (χ3n) is 5.26. The normalized spacial score (nSPS) is 17.8. The van der Waals surface area contributed by atoms with Crippen LogP contribution in [0.3, 0.4) is 0 Å². The molecule has 0 aromatic heterocycles. The number of aryl methyl sites for hydroxylation is 1. The molecule has 2 rings (SSSR count). The van der Waals surface area contributed by atoms with Gasteiger partial charge in [0.2, 0.25) is 11.8 Å². The number of ether oxygens (including phenoxy) is 1. The Morgan fingerprint density at radius 3 is 2.59 bits per heavy atom. The molecule has 2 amide bonds. The predicted molar refractivity (Wildman–Crippen MR) is 109 cm³/mol. The van der Waals surface area contributed by atoms with Gasteiger partial charge in [0.15, 0.2) is 0 Å². The van der Waals surface area contributed by atoms with Crippen LogP contribution >= 0.6 is 0 Å². The van der Waals surface area contributed by atoms with Gasteiger partial charge in [0.05, 0.1) is 19.7 Å². The molecule has 8 nitrogen and oxygen atoms in total. The van der Waals surface area contributed by atoms with Crippen LogP contribution < -0.4 is 15.4 Å². The smallest absolute Gasteiger partial charge is 0.475 e. The van der Waals surface area contributed by atoms with E-state index in [-0.39, 0.29) is 17.7 Å². The minimum absolute atomic E-state index is 0.126. The highest BCUT2D eigenvalue weighted by Gasteiger charge is 2.32. The van der Waals surface area contributed by atoms with E-state index < -0.39 is 31.6 Å². The summed E-state index contributed by atoms with van der Waals surface area (Å²) in [4.78, 5) is 25.2. The fourth-order valence-corrected chi connectivity index (χ4v) is 3.70. The summed E-state index contributed by atoms with van der Waals surface area (Å²) in [6.45, 7) is 3.20. The number of carbonyl (C=O) groups is 2. The molecular weight excluding hydrogens is 375 g/mol. The minimum atomic E-state index is -1.72. The summed E-state index contributed by atoms with van der Waals surface area (Å²) >= 11 is 0. The van der Waals surface area contributed by atoms with E-state index in [2.05, 4.69) is 10.6 Å². The van der Waals surface area contributed by atoms with Gasteiger partial charge < -0.3 is 30.5 Å². The molecule has 0 spiro atoms. The van der Waals surface area contributed by atoms with Crippen molar-refractivity contribution >= 4 is 18.9 Å². The van der Waals surface area contributed by atoms with Gasteiger partial charge in [-0.2, -0.15) is 0 Å². The number of carbonyl (C=O) groups excluding carboxylic acids is 2. The van der Waals surface area contributed by atoms with Gasteiger partial charge >= 0.3 is 7.12 Å². The van der Waals surface area contributed by atoms with Crippen molar-refractivity contribution < 1.29 is 29.5 Å². The van der Waals surface area contributed by atoms with E-state index in [4.69, 9.17) is 4.74 Å². The molecule has 3 atom stereocenters. The molecule has 160 valence electrons. The molecule has 1 aromatic rings. The van der Waals surface area contributed by atoms with Crippen LogP contribution in [0.4, 0.5) is 0 Å². The lowest BCUT2D eigenvalue weighted by Crippen LogP contribution is -2.56. The van der Waals surface area contributed by atoms with Crippen LogP contribution in [-0.4, -0.2) is 59.8 Å². The maximum Gasteiger partial charge on any atom is 0.475 e. The highest BCUT2D eigenvalue weighted by Crippen LogP contribution is 2.32. The zero-order chi connectivity index (χ0) is 21.6. The number of methoxy groups -OCH3 is 1. The Labute approximate surface area is 171 Å². The van der Waals surface area contributed by atoms with Crippen molar-refractivity contribution in [1.82, 2.24) is 10.6 Å². The SMILES string of the molecule is COc1cccc2c1CC(C(=O)NC(CO)C(=O)NC(CC(C)C)B(O)O)CC2. The molecule has 0 aliphatic heterocycles. The standard InChI is InChI=1S/C20H31BN2O6/c1-12(2)9-18(21(27)28)23-20(26)16(11-24)22-19(25)14-8-7-13-5-4-6-17(29-3)15(13)10-14/h4-6,12,14,16,18,24,27-28H,7-11H2,1-3H3,(H,22,25)(H,23,26). The first-order valence-corrected chi connectivity index (χ1v) is 9.99. The highest BCUT2D eigenvalue weighted by molar-refractivity contribution is 6.43. The summed E-state index contributed by atoms with van der Waals surface area (Å²) < 4.78 is 5.40. The topological polar surface area (TPSA) is 128 Å². The van der Waals surface area contributed by atoms with Crippen molar-refractivity contribution in [2.24, 2.45) is 11.8 Å². The largest absolute Gasteiger partial charge is 0.496 e. The van der Waals surface area contributed by atoms with Crippen LogP contribution in [0.1, 0.15) is 37.8 Å². The van der Waals surface area contributed by atoms with Gasteiger partial charge in [-0.1, -0.05) is 26.0 Å². The molecule has 3 unspecified atom stereocenters. The number of rotatable bonds is 9. The second-order valence-corrected chi connectivity index (χ2v) is 7.94. The second-order valence-electron chi connectivity index (χ2n) is 7.94. The van der Waals surface area contributed by atoms with Gasteiger partial charge in [-0.15, -0.1) is 0 Å². The Balaban J connectivity index is 2.01. The lowest BCUT2D eigenvalue weighted by atomic mass is 9.75. The van der Waals surface area contributed by atoms with E-state index in [1.165, 1.54) is 0 Å². The molecule has 1 aromatic carbocycles. The maximum absolute atomic E-state index is 12.7. The van der Waals surface area contributed by atoms with Crippen molar-refractivity contribution in [1.29, 1.82) is 0 Å². The Kier molecular flexibility index (Phi) is 8.49. The Bertz CT molecular complexity index is 698. The summed E-state index contributed by atoms with van der Waals surface area (Å²) in [6.07, 6.45) is 2.22. The van der Waals surface area contributed by atoms with Crippen LogP contribution in [0.15, 0.2) is 18.2 Å². The average Bonchev–Trinajstić information content (AvgIpc) is 2.69. The first-order chi connectivity index (χ1) is 13.8. The van der Waals surface area contributed by atoms with Crippen LogP contribution in [-0.2, 0) is 22.4 Å². The molecule has 0 bridgehead atoms. The number of amides is 2. The molecular formula is C20H31BN2O6. The molecule has 0 radical (unpaired) electrons. The average molecular weight is 406 g/mol. The van der Waals surface area contributed by atoms with E-state index >= 15 is 0 Å². The van der Waals surface area contributed by atoms with Crippen LogP contribution in [0.25, 0.3) is 0 Å². The maximum atomic E-state index is 12.7. The second kappa shape index (κ2) is 10.6. The van der Waals surface area contributed by atoms with Crippen molar-refractivity contribution in [3.8, 4) is 5.75 Å². The summed E-state index contributed by atoms with van der Waals surface area (Å²) in [5.41, 5.74) is 2.14. The van der Waals surface area contributed by atoms with Crippen LogP contribution in [0, 0.1) is 11.8 Å². The number of hydrogen-bond acceptors (Lipinski definition) is 6. The number of aliphatic hydroxyl groups is 1. The van der Waals surface area contributed by atoms with Gasteiger partial charge in [0.25, 0.3) is 0 Å². The predicted octanol–water partition coefficient (Wildman–Crippen LogP) is -0.180. The minimum Gasteiger partial charge on any atom is -0.496 e. The van der Waals surface area contributed by atoms with E-state index in [0.717, 1.165) is 23.3 Å². The zero-order valence-corrected chi connectivity index (χ0v) is 17.2. The van der Waals surface area contributed by atoms with Gasteiger partial charge in [-0.05, 0) is 48.8 Å². The lowest BCUT2D eigenvalue weighted by Gasteiger charge is -2.27. The van der Waals surface area contributed by atoms with Crippen molar-refractivity contribution in [2.75, 3.05) is 13.7 Å². The molecule has 9 heteroatoms. The van der Waals surface area contributed by atoms with Crippen molar-refractivity contribution in [2.45, 2.75) is 51.5 Å². The van der Waals surface area contributed by atoms with Gasteiger partial charge in [0.1, 0.15) is 11.8 Å². The van der Waals surface area contributed by atoms with E-state index in [9.17, 15) is 24.7 Å². The summed E-state index contributed by atoms with van der Waals surface area (Å²) in [5, 5.41) is 33.6. The first kappa shape index (κ1) is 23.2. The third-order valence-corrected chi connectivity index (χ3v) is 5.26. The van der Waals surface area contributed by atoms with Crippen molar-refractivity contribution in [3.05, 3.63) is 29.3 Å². The van der Waals surface area contributed by atoms with Gasteiger partial charge in [-0.25, -0.2) is 0 Å². The van der Waals surface area contributed by atoms with Gasteiger partial charge in [0, 0.05) is 5.92 Å². The molecule has 0 heterocycles. The van der Waals surface area contributed by atoms with E-state index in [0.29, 0.717) is 19.3 Å². The Hall–Kier alpha value is -2.10. The van der Waals surface area contributed by atoms with E-state index in [1.54, 1.807) is 7.11 Å². The summed E-state index contributed by atoms with van der Waals surface area (Å²) in [7, 11) is -0.132. The molecule has 5 N–H and O–H groups in total.